The van der Waals surface area contributed by atoms with E-state index < -0.39 is 7.12 Å². The van der Waals surface area contributed by atoms with Gasteiger partial charge in [-0.25, -0.2) is 4.79 Å². The van der Waals surface area contributed by atoms with Gasteiger partial charge in [-0.1, -0.05) is 45.9 Å². The van der Waals surface area contributed by atoms with Crippen LogP contribution in [-0.2, 0) is 9.39 Å². The van der Waals surface area contributed by atoms with Crippen molar-refractivity contribution in [3.8, 4) is 16.9 Å². The van der Waals surface area contributed by atoms with Gasteiger partial charge in [-0.3, -0.25) is 0 Å². The van der Waals surface area contributed by atoms with E-state index in [-0.39, 0.29) is 18.0 Å². The summed E-state index contributed by atoms with van der Waals surface area (Å²) in [5, 5.41) is 10.6. The van der Waals surface area contributed by atoms with Gasteiger partial charge in [-0.15, -0.1) is 0 Å². The number of hydrogen-bond donors (Lipinski definition) is 1. The van der Waals surface area contributed by atoms with E-state index in [1.54, 1.807) is 19.2 Å². The number of rotatable bonds is 7. The molecule has 5 nitrogen and oxygen atoms in total. The van der Waals surface area contributed by atoms with Crippen LogP contribution in [0.2, 0.25) is 0 Å². The molecule has 1 atom stereocenters. The van der Waals surface area contributed by atoms with Crippen molar-refractivity contribution >= 4 is 18.6 Å². The van der Waals surface area contributed by atoms with Gasteiger partial charge in [0.15, 0.2) is 0 Å². The summed E-state index contributed by atoms with van der Waals surface area (Å²) < 4.78 is 15.9. The topological polar surface area (TPSA) is 65.0 Å². The Bertz CT molecular complexity index is 804. The molecule has 6 heteroatoms. The van der Waals surface area contributed by atoms with Gasteiger partial charge in [0.25, 0.3) is 0 Å². The average Bonchev–Trinajstić information content (AvgIpc) is 2.73. The zero-order chi connectivity index (χ0) is 22.1. The largest absolute Gasteiger partial charge is 0.497 e. The summed E-state index contributed by atoms with van der Waals surface area (Å²) >= 11 is 0. The molecule has 2 rings (SSSR count). The second-order valence-electron chi connectivity index (χ2n) is 6.92. The highest BCUT2D eigenvalue weighted by molar-refractivity contribution is 6.61. The van der Waals surface area contributed by atoms with Crippen molar-refractivity contribution in [1.82, 2.24) is 0 Å². The first-order chi connectivity index (χ1) is 13.8. The number of benzene rings is 2. The van der Waals surface area contributed by atoms with E-state index in [2.05, 4.69) is 0 Å². The Morgan fingerprint density at radius 3 is 2.21 bits per heavy atom. The summed E-state index contributed by atoms with van der Waals surface area (Å²) in [5.41, 5.74) is 3.86. The van der Waals surface area contributed by atoms with Crippen LogP contribution in [-0.4, -0.2) is 38.4 Å². The van der Waals surface area contributed by atoms with E-state index in [1.807, 2.05) is 65.8 Å². The van der Waals surface area contributed by atoms with Crippen molar-refractivity contribution in [2.45, 2.75) is 47.6 Å². The minimum atomic E-state index is -1.09. The van der Waals surface area contributed by atoms with Gasteiger partial charge in [0.2, 0.25) is 0 Å². The molecule has 0 bridgehead atoms. The number of carbonyl (C=O) groups excluding carboxylic acids is 1. The fourth-order valence-electron chi connectivity index (χ4n) is 2.76. The molecule has 0 fully saturated rings. The first-order valence-corrected chi connectivity index (χ1v) is 9.99. The zero-order valence-electron chi connectivity index (χ0n) is 18.8. The number of esters is 1. The van der Waals surface area contributed by atoms with Crippen molar-refractivity contribution < 1.29 is 23.9 Å². The van der Waals surface area contributed by atoms with Crippen LogP contribution in [0.3, 0.4) is 0 Å². The molecule has 1 unspecified atom stereocenters. The summed E-state index contributed by atoms with van der Waals surface area (Å²) in [5.74, 6) is 0.472. The van der Waals surface area contributed by atoms with Crippen molar-refractivity contribution in [1.29, 1.82) is 0 Å². The van der Waals surface area contributed by atoms with Gasteiger partial charge >= 0.3 is 13.1 Å². The van der Waals surface area contributed by atoms with E-state index >= 15 is 0 Å². The van der Waals surface area contributed by atoms with Crippen LogP contribution in [0, 0.1) is 12.8 Å². The van der Waals surface area contributed by atoms with E-state index in [1.165, 1.54) is 7.11 Å². The van der Waals surface area contributed by atoms with Crippen molar-refractivity contribution in [3.05, 3.63) is 47.5 Å². The van der Waals surface area contributed by atoms with Gasteiger partial charge in [0, 0.05) is 11.6 Å². The molecule has 29 heavy (non-hydrogen) atoms. The predicted octanol–water partition coefficient (Wildman–Crippen LogP) is 4.23. The summed E-state index contributed by atoms with van der Waals surface area (Å²) in [6, 6.07) is 11.0. The lowest BCUT2D eigenvalue weighted by Crippen LogP contribution is -2.39. The molecule has 0 saturated heterocycles. The number of hydrogen-bond acceptors (Lipinski definition) is 5. The molecule has 0 heterocycles. The molecule has 0 aliphatic heterocycles. The molecule has 0 spiro atoms. The minimum absolute atomic E-state index is 0.102. The highest BCUT2D eigenvalue weighted by Gasteiger charge is 2.25. The number of aryl methyl sites for hydroxylation is 1. The van der Waals surface area contributed by atoms with E-state index in [4.69, 9.17) is 14.1 Å². The third-order valence-electron chi connectivity index (χ3n) is 4.74. The molecule has 2 aromatic carbocycles. The Kier molecular flexibility index (Phi) is 9.92. The maximum atomic E-state index is 11.7. The third-order valence-corrected chi connectivity index (χ3v) is 4.74. The zero-order valence-corrected chi connectivity index (χ0v) is 18.8. The summed E-state index contributed by atoms with van der Waals surface area (Å²) in [6.07, 6.45) is -0.102. The van der Waals surface area contributed by atoms with Gasteiger partial charge in [-0.05, 0) is 54.7 Å². The molecule has 2 aromatic rings. The van der Waals surface area contributed by atoms with E-state index in [9.17, 15) is 9.82 Å². The average molecular weight is 400 g/mol. The van der Waals surface area contributed by atoms with Crippen LogP contribution in [0.4, 0.5) is 0 Å². The summed E-state index contributed by atoms with van der Waals surface area (Å²) in [4.78, 5) is 11.7. The van der Waals surface area contributed by atoms with Gasteiger partial charge in [0.05, 0.1) is 19.8 Å². The fourth-order valence-corrected chi connectivity index (χ4v) is 2.76. The molecule has 1 N–H and O–H groups in total. The highest BCUT2D eigenvalue weighted by atomic mass is 16.5. The predicted molar refractivity (Wildman–Crippen MR) is 119 cm³/mol. The third kappa shape index (κ3) is 6.34. The van der Waals surface area contributed by atoms with Crippen LogP contribution in [0.25, 0.3) is 11.1 Å². The Morgan fingerprint density at radius 1 is 1.03 bits per heavy atom. The van der Waals surface area contributed by atoms with E-state index in [0.717, 1.165) is 16.7 Å². The van der Waals surface area contributed by atoms with Crippen LogP contribution in [0.1, 0.15) is 50.5 Å². The normalized spacial score (nSPS) is 11.4. The summed E-state index contributed by atoms with van der Waals surface area (Å²) in [7, 11) is 1.83. The Labute approximate surface area is 175 Å². The van der Waals surface area contributed by atoms with Crippen LogP contribution >= 0.6 is 0 Å². The molecule has 0 aromatic heterocycles. The quantitative estimate of drug-likeness (QED) is 0.557. The van der Waals surface area contributed by atoms with Crippen LogP contribution < -0.4 is 10.2 Å². The molecular weight excluding hydrogens is 367 g/mol. The standard InChI is InChI=1S/C21H27BO5.C2H6/c1-13(2)15(4)27-22(24)19-12-16(8-10-20(19)25-5)18-9-7-17(11-14(18)3)21(23)26-6;1-2/h7-13,15,24H,1-6H3;1-2H3. The highest BCUT2D eigenvalue weighted by Crippen LogP contribution is 2.26. The van der Waals surface area contributed by atoms with Crippen molar-refractivity contribution in [2.75, 3.05) is 14.2 Å². The second kappa shape index (κ2) is 11.6. The molecule has 0 aliphatic carbocycles. The van der Waals surface area contributed by atoms with Gasteiger partial charge in [-0.2, -0.15) is 0 Å². The van der Waals surface area contributed by atoms with Gasteiger partial charge < -0.3 is 19.2 Å². The van der Waals surface area contributed by atoms with Crippen molar-refractivity contribution in [3.63, 3.8) is 0 Å². The number of methoxy groups -OCH3 is 2. The molecule has 0 saturated carbocycles. The second-order valence-corrected chi connectivity index (χ2v) is 6.92. The molecular formula is C23H33BO5. The number of ether oxygens (including phenoxy) is 2. The first-order valence-electron chi connectivity index (χ1n) is 9.99. The van der Waals surface area contributed by atoms with Gasteiger partial charge in [0.1, 0.15) is 5.75 Å². The molecule has 0 aliphatic rings. The Morgan fingerprint density at radius 2 is 1.69 bits per heavy atom. The first kappa shape index (κ1) is 24.7. The molecule has 0 radical (unpaired) electrons. The number of carbonyl (C=O) groups is 1. The lowest BCUT2D eigenvalue weighted by molar-refractivity contribution is 0.0600. The van der Waals surface area contributed by atoms with Crippen molar-refractivity contribution in [2.24, 2.45) is 5.92 Å². The maximum Gasteiger partial charge on any atom is 0.495 e. The smallest absolute Gasteiger partial charge is 0.495 e. The molecule has 158 valence electrons. The van der Waals surface area contributed by atoms with Crippen LogP contribution in [0.15, 0.2) is 36.4 Å². The Balaban J connectivity index is 0.00000204. The minimum Gasteiger partial charge on any atom is -0.497 e. The fraction of sp³-hybridized carbons (Fsp3) is 0.435. The lowest BCUT2D eigenvalue weighted by Gasteiger charge is -2.21. The van der Waals surface area contributed by atoms with Crippen LogP contribution in [0.5, 0.6) is 5.75 Å². The monoisotopic (exact) mass is 400 g/mol. The SMILES string of the molecule is CC.COC(=O)c1ccc(-c2ccc(OC)c(B(O)OC(C)C(C)C)c2)c(C)c1. The summed E-state index contributed by atoms with van der Waals surface area (Å²) in [6.45, 7) is 11.9. The van der Waals surface area contributed by atoms with E-state index in [0.29, 0.717) is 16.8 Å². The maximum absolute atomic E-state index is 11.7. The Hall–Kier alpha value is -2.31. The molecule has 0 amide bonds. The lowest BCUT2D eigenvalue weighted by atomic mass is 9.76.